The zero-order valence-electron chi connectivity index (χ0n) is 16.1. The van der Waals surface area contributed by atoms with E-state index in [1.54, 1.807) is 18.2 Å². The smallest absolute Gasteiger partial charge is 0.251 e. The molecular weight excluding hydrogens is 364 g/mol. The molecule has 3 aromatic carbocycles. The van der Waals surface area contributed by atoms with Gasteiger partial charge in [-0.2, -0.15) is 0 Å². The number of carbonyl (C=O) groups is 1. The van der Waals surface area contributed by atoms with Gasteiger partial charge < -0.3 is 19.7 Å². The maximum absolute atomic E-state index is 12.4. The van der Waals surface area contributed by atoms with Crippen LogP contribution in [0.3, 0.4) is 0 Å². The van der Waals surface area contributed by atoms with E-state index >= 15 is 0 Å². The Balaban J connectivity index is 1.18. The van der Waals surface area contributed by atoms with Gasteiger partial charge in [-0.1, -0.05) is 42.5 Å². The predicted molar refractivity (Wildman–Crippen MR) is 111 cm³/mol. The van der Waals surface area contributed by atoms with Gasteiger partial charge in [-0.15, -0.1) is 0 Å². The van der Waals surface area contributed by atoms with E-state index in [1.165, 1.54) is 16.8 Å². The highest BCUT2D eigenvalue weighted by atomic mass is 16.7. The standard InChI is InChI=1S/C24H22N2O3/c27-24(20-9-10-22-23(13-20)29-16-28-22)25-14-17-5-7-18(8-6-17)15-26-12-11-19-3-1-2-4-21(19)26/h1-10,13H,11-12,14-16H2,(H,25,27). The normalized spacial score (nSPS) is 14.0. The molecule has 2 aliphatic rings. The van der Waals surface area contributed by atoms with Gasteiger partial charge in [0.05, 0.1) is 0 Å². The molecule has 146 valence electrons. The minimum Gasteiger partial charge on any atom is -0.454 e. The molecule has 3 aromatic rings. The van der Waals surface area contributed by atoms with Gasteiger partial charge in [-0.25, -0.2) is 0 Å². The van der Waals surface area contributed by atoms with Crippen LogP contribution in [0.2, 0.25) is 0 Å². The molecule has 0 radical (unpaired) electrons. The molecule has 0 unspecified atom stereocenters. The molecule has 2 heterocycles. The number of anilines is 1. The number of carbonyl (C=O) groups excluding carboxylic acids is 1. The molecule has 1 N–H and O–H groups in total. The van der Waals surface area contributed by atoms with Crippen LogP contribution in [-0.2, 0) is 19.5 Å². The summed E-state index contributed by atoms with van der Waals surface area (Å²) in [7, 11) is 0. The van der Waals surface area contributed by atoms with Crippen LogP contribution < -0.4 is 19.7 Å². The van der Waals surface area contributed by atoms with Crippen molar-refractivity contribution in [1.82, 2.24) is 5.32 Å². The molecule has 0 spiro atoms. The molecule has 0 aliphatic carbocycles. The lowest BCUT2D eigenvalue weighted by Crippen LogP contribution is -2.23. The van der Waals surface area contributed by atoms with Gasteiger partial charge in [0, 0.05) is 30.9 Å². The fourth-order valence-electron chi connectivity index (χ4n) is 3.88. The fourth-order valence-corrected chi connectivity index (χ4v) is 3.88. The second-order valence-electron chi connectivity index (χ2n) is 7.37. The Hall–Kier alpha value is -3.47. The number of fused-ring (bicyclic) bond motifs is 2. The first-order chi connectivity index (χ1) is 14.3. The van der Waals surface area contributed by atoms with Crippen molar-refractivity contribution >= 4 is 11.6 Å². The van der Waals surface area contributed by atoms with Crippen LogP contribution in [0.4, 0.5) is 5.69 Å². The zero-order valence-corrected chi connectivity index (χ0v) is 16.1. The molecule has 0 atom stereocenters. The van der Waals surface area contributed by atoms with Gasteiger partial charge >= 0.3 is 0 Å². The second kappa shape index (κ2) is 7.51. The highest BCUT2D eigenvalue weighted by Crippen LogP contribution is 2.32. The van der Waals surface area contributed by atoms with Crippen molar-refractivity contribution in [2.24, 2.45) is 0 Å². The monoisotopic (exact) mass is 386 g/mol. The summed E-state index contributed by atoms with van der Waals surface area (Å²) in [5.41, 5.74) is 5.68. The van der Waals surface area contributed by atoms with Crippen LogP contribution in [0, 0.1) is 0 Å². The molecule has 0 saturated carbocycles. The van der Waals surface area contributed by atoms with E-state index < -0.39 is 0 Å². The Morgan fingerprint density at radius 1 is 0.931 bits per heavy atom. The SMILES string of the molecule is O=C(NCc1ccc(CN2CCc3ccccc32)cc1)c1ccc2c(c1)OCO2. The van der Waals surface area contributed by atoms with Gasteiger partial charge in [0.25, 0.3) is 5.91 Å². The summed E-state index contributed by atoms with van der Waals surface area (Å²) in [6.07, 6.45) is 1.11. The van der Waals surface area contributed by atoms with Crippen LogP contribution >= 0.6 is 0 Å². The summed E-state index contributed by atoms with van der Waals surface area (Å²) in [5.74, 6) is 1.17. The third-order valence-electron chi connectivity index (χ3n) is 5.47. The third-order valence-corrected chi connectivity index (χ3v) is 5.47. The number of para-hydroxylation sites is 1. The zero-order chi connectivity index (χ0) is 19.6. The molecule has 0 fully saturated rings. The predicted octanol–water partition coefficient (Wildman–Crippen LogP) is 3.91. The van der Waals surface area contributed by atoms with Crippen molar-refractivity contribution in [1.29, 1.82) is 0 Å². The third kappa shape index (κ3) is 3.63. The van der Waals surface area contributed by atoms with E-state index in [0.717, 1.165) is 25.1 Å². The minimum absolute atomic E-state index is 0.124. The highest BCUT2D eigenvalue weighted by molar-refractivity contribution is 5.94. The van der Waals surface area contributed by atoms with Crippen LogP contribution in [-0.4, -0.2) is 19.2 Å². The van der Waals surface area contributed by atoms with Gasteiger partial charge in [0.1, 0.15) is 0 Å². The van der Waals surface area contributed by atoms with E-state index in [2.05, 4.69) is 58.7 Å². The maximum atomic E-state index is 12.4. The number of nitrogens with zero attached hydrogens (tertiary/aromatic N) is 1. The summed E-state index contributed by atoms with van der Waals surface area (Å²) in [6, 6.07) is 22.3. The molecule has 5 heteroatoms. The molecular formula is C24H22N2O3. The maximum Gasteiger partial charge on any atom is 0.251 e. The lowest BCUT2D eigenvalue weighted by Gasteiger charge is -2.19. The molecule has 2 aliphatic heterocycles. The molecule has 29 heavy (non-hydrogen) atoms. The Bertz CT molecular complexity index is 1050. The van der Waals surface area contributed by atoms with Gasteiger partial charge in [0.15, 0.2) is 11.5 Å². The first kappa shape index (κ1) is 17.6. The van der Waals surface area contributed by atoms with Crippen molar-refractivity contribution in [3.05, 3.63) is 89.0 Å². The average molecular weight is 386 g/mol. The number of rotatable bonds is 5. The Morgan fingerprint density at radius 2 is 1.72 bits per heavy atom. The van der Waals surface area contributed by atoms with Crippen molar-refractivity contribution in [2.75, 3.05) is 18.2 Å². The van der Waals surface area contributed by atoms with Gasteiger partial charge in [0.2, 0.25) is 6.79 Å². The summed E-state index contributed by atoms with van der Waals surface area (Å²) in [5, 5.41) is 2.97. The minimum atomic E-state index is -0.124. The average Bonchev–Trinajstić information content (AvgIpc) is 3.39. The van der Waals surface area contributed by atoms with E-state index in [9.17, 15) is 4.79 Å². The molecule has 0 saturated heterocycles. The van der Waals surface area contributed by atoms with Crippen LogP contribution in [0.1, 0.15) is 27.0 Å². The van der Waals surface area contributed by atoms with Gasteiger partial charge in [-0.05, 0) is 47.4 Å². The van der Waals surface area contributed by atoms with Gasteiger partial charge in [-0.3, -0.25) is 4.79 Å². The topological polar surface area (TPSA) is 50.8 Å². The van der Waals surface area contributed by atoms with Crippen LogP contribution in [0.5, 0.6) is 11.5 Å². The number of hydrogen-bond acceptors (Lipinski definition) is 4. The van der Waals surface area contributed by atoms with Crippen LogP contribution in [0.15, 0.2) is 66.7 Å². The highest BCUT2D eigenvalue weighted by Gasteiger charge is 2.18. The van der Waals surface area contributed by atoms with E-state index in [4.69, 9.17) is 9.47 Å². The number of benzene rings is 3. The van der Waals surface area contributed by atoms with E-state index in [1.807, 2.05) is 0 Å². The summed E-state index contributed by atoms with van der Waals surface area (Å²) in [4.78, 5) is 14.8. The lowest BCUT2D eigenvalue weighted by molar-refractivity contribution is 0.0950. The summed E-state index contributed by atoms with van der Waals surface area (Å²) in [6.45, 7) is 2.66. The molecule has 0 aromatic heterocycles. The van der Waals surface area contributed by atoms with Crippen LogP contribution in [0.25, 0.3) is 0 Å². The van der Waals surface area contributed by atoms with Crippen molar-refractivity contribution in [3.63, 3.8) is 0 Å². The molecule has 1 amide bonds. The summed E-state index contributed by atoms with van der Waals surface area (Å²) < 4.78 is 10.6. The largest absolute Gasteiger partial charge is 0.454 e. The van der Waals surface area contributed by atoms with Crippen molar-refractivity contribution < 1.29 is 14.3 Å². The number of amides is 1. The second-order valence-corrected chi connectivity index (χ2v) is 7.37. The lowest BCUT2D eigenvalue weighted by atomic mass is 10.1. The Morgan fingerprint density at radius 3 is 2.62 bits per heavy atom. The quantitative estimate of drug-likeness (QED) is 0.722. The molecule has 0 bridgehead atoms. The van der Waals surface area contributed by atoms with Crippen molar-refractivity contribution in [2.45, 2.75) is 19.5 Å². The number of nitrogens with one attached hydrogen (secondary N) is 1. The molecule has 5 rings (SSSR count). The Labute approximate surface area is 169 Å². The van der Waals surface area contributed by atoms with Crippen molar-refractivity contribution in [3.8, 4) is 11.5 Å². The first-order valence-corrected chi connectivity index (χ1v) is 9.85. The number of ether oxygens (including phenoxy) is 2. The first-order valence-electron chi connectivity index (χ1n) is 9.85. The number of hydrogen-bond donors (Lipinski definition) is 1. The van der Waals surface area contributed by atoms with E-state index in [0.29, 0.717) is 23.6 Å². The van der Waals surface area contributed by atoms with E-state index in [-0.39, 0.29) is 12.7 Å². The summed E-state index contributed by atoms with van der Waals surface area (Å²) >= 11 is 0. The fraction of sp³-hybridized carbons (Fsp3) is 0.208. The Kier molecular flexibility index (Phi) is 4.56. The molecule has 5 nitrogen and oxygen atoms in total.